The van der Waals surface area contributed by atoms with Crippen LogP contribution >= 0.6 is 11.6 Å². The molecule has 7 heteroatoms. The molecule has 1 unspecified atom stereocenters. The van der Waals surface area contributed by atoms with Crippen LogP contribution in [0.4, 0.5) is 0 Å². The second kappa shape index (κ2) is 8.64. The average molecular weight is 411 g/mol. The van der Waals surface area contributed by atoms with Crippen molar-refractivity contribution in [3.8, 4) is 11.8 Å². The molecule has 0 aliphatic carbocycles. The number of ether oxygens (including phenoxy) is 1. The predicted octanol–water partition coefficient (Wildman–Crippen LogP) is 5.22. The summed E-state index contributed by atoms with van der Waals surface area (Å²) >= 11 is 6.04. The minimum atomic E-state index is -2.02. The highest BCUT2D eigenvalue weighted by Gasteiger charge is 2.42. The van der Waals surface area contributed by atoms with Gasteiger partial charge in [0, 0.05) is 10.6 Å². The molecule has 0 aromatic heterocycles. The molecule has 1 N–H and O–H groups in total. The fourth-order valence-corrected chi connectivity index (χ4v) is 4.53. The van der Waals surface area contributed by atoms with E-state index in [0.717, 1.165) is 0 Å². The van der Waals surface area contributed by atoms with Crippen molar-refractivity contribution in [1.29, 1.82) is 5.26 Å². The molecular formula is C20H31ClN2O3Si. The summed E-state index contributed by atoms with van der Waals surface area (Å²) in [4.78, 5) is 12.6. The number of nitriles is 1. The molecule has 150 valence electrons. The maximum absolute atomic E-state index is 12.6. The molecular weight excluding hydrogens is 380 g/mol. The number of amides is 1. The fraction of sp³-hybridized carbons (Fsp3) is 0.600. The third kappa shape index (κ3) is 6.53. The lowest BCUT2D eigenvalue weighted by Gasteiger charge is -2.42. The summed E-state index contributed by atoms with van der Waals surface area (Å²) in [7, 11) is -0.511. The van der Waals surface area contributed by atoms with Gasteiger partial charge in [-0.1, -0.05) is 32.4 Å². The van der Waals surface area contributed by atoms with Gasteiger partial charge in [0.05, 0.1) is 25.2 Å². The lowest BCUT2D eigenvalue weighted by molar-refractivity contribution is -0.125. The maximum Gasteiger partial charge on any atom is 0.224 e. The third-order valence-corrected chi connectivity index (χ3v) is 9.77. The van der Waals surface area contributed by atoms with Gasteiger partial charge in [-0.25, -0.2) is 0 Å². The average Bonchev–Trinajstić information content (AvgIpc) is 2.49. The van der Waals surface area contributed by atoms with Crippen LogP contribution < -0.4 is 10.1 Å². The van der Waals surface area contributed by atoms with Crippen LogP contribution in [0, 0.1) is 11.3 Å². The molecule has 0 aliphatic heterocycles. The smallest absolute Gasteiger partial charge is 0.224 e. The van der Waals surface area contributed by atoms with Crippen molar-refractivity contribution in [3.05, 3.63) is 28.8 Å². The third-order valence-electron chi connectivity index (χ3n) is 4.86. The van der Waals surface area contributed by atoms with Gasteiger partial charge in [-0.3, -0.25) is 4.79 Å². The first-order valence-corrected chi connectivity index (χ1v) is 12.2. The molecule has 0 aliphatic rings. The van der Waals surface area contributed by atoms with E-state index in [4.69, 9.17) is 20.8 Å². The normalized spacial score (nSPS) is 13.6. The lowest BCUT2D eigenvalue weighted by atomic mass is 10.0. The van der Waals surface area contributed by atoms with Gasteiger partial charge in [-0.2, -0.15) is 5.26 Å². The van der Waals surface area contributed by atoms with E-state index in [0.29, 0.717) is 16.3 Å². The molecule has 0 saturated carbocycles. The zero-order valence-electron chi connectivity index (χ0n) is 17.6. The van der Waals surface area contributed by atoms with Crippen molar-refractivity contribution in [1.82, 2.24) is 5.32 Å². The maximum atomic E-state index is 12.6. The zero-order chi connectivity index (χ0) is 21.0. The summed E-state index contributed by atoms with van der Waals surface area (Å²) < 4.78 is 11.7. The Morgan fingerprint density at radius 1 is 1.30 bits per heavy atom. The SMILES string of the molecule is COc1ccc(Cl)cc1C(C#N)NC(=O)CC(C)(C)O[Si](C)(C)C(C)(C)C. The van der Waals surface area contributed by atoms with E-state index in [-0.39, 0.29) is 17.4 Å². The fourth-order valence-electron chi connectivity index (χ4n) is 2.59. The molecule has 1 atom stereocenters. The summed E-state index contributed by atoms with van der Waals surface area (Å²) in [5.41, 5.74) is -0.102. The van der Waals surface area contributed by atoms with Gasteiger partial charge in [0.25, 0.3) is 0 Å². The standard InChI is InChI=1S/C20H31ClN2O3Si/c1-19(2,3)27(7,8)26-20(4,5)12-18(24)23-16(13-22)15-11-14(21)9-10-17(15)25-6/h9-11,16H,12H2,1-8H3,(H,23,24). The van der Waals surface area contributed by atoms with Gasteiger partial charge in [0.2, 0.25) is 5.91 Å². The van der Waals surface area contributed by atoms with Crippen molar-refractivity contribution in [3.63, 3.8) is 0 Å². The Morgan fingerprint density at radius 3 is 2.37 bits per heavy atom. The van der Waals surface area contributed by atoms with Gasteiger partial charge >= 0.3 is 0 Å². The zero-order valence-corrected chi connectivity index (χ0v) is 19.3. The van der Waals surface area contributed by atoms with E-state index in [1.165, 1.54) is 7.11 Å². The van der Waals surface area contributed by atoms with Gasteiger partial charge in [0.1, 0.15) is 11.8 Å². The molecule has 0 spiro atoms. The molecule has 0 radical (unpaired) electrons. The van der Waals surface area contributed by atoms with Gasteiger partial charge in [0.15, 0.2) is 8.32 Å². The molecule has 1 aromatic carbocycles. The first kappa shape index (κ1) is 23.5. The monoisotopic (exact) mass is 410 g/mol. The Kier molecular flexibility index (Phi) is 7.51. The second-order valence-electron chi connectivity index (χ2n) is 8.81. The highest BCUT2D eigenvalue weighted by Crippen LogP contribution is 2.39. The Bertz CT molecular complexity index is 721. The first-order chi connectivity index (χ1) is 12.2. The first-order valence-electron chi connectivity index (χ1n) is 8.95. The number of rotatable bonds is 7. The number of carbonyl (C=O) groups excluding carboxylic acids is 1. The van der Waals surface area contributed by atoms with Crippen molar-refractivity contribution in [2.75, 3.05) is 7.11 Å². The van der Waals surface area contributed by atoms with Crippen LogP contribution in [0.25, 0.3) is 0 Å². The Labute approximate surface area is 169 Å². The van der Waals surface area contributed by atoms with Crippen LogP contribution in [0.3, 0.4) is 0 Å². The topological polar surface area (TPSA) is 71.3 Å². The number of hydrogen-bond donors (Lipinski definition) is 1. The number of carbonyl (C=O) groups is 1. The Hall–Kier alpha value is -1.55. The molecule has 0 fully saturated rings. The van der Waals surface area contributed by atoms with Crippen LogP contribution in [0.2, 0.25) is 23.2 Å². The van der Waals surface area contributed by atoms with Crippen molar-refractivity contribution >= 4 is 25.8 Å². The minimum absolute atomic E-state index is 0.0457. The summed E-state index contributed by atoms with van der Waals surface area (Å²) in [6.45, 7) is 14.6. The number of benzene rings is 1. The molecule has 0 heterocycles. The number of nitrogens with one attached hydrogen (secondary N) is 1. The van der Waals surface area contributed by atoms with Crippen LogP contribution in [0.1, 0.15) is 52.6 Å². The van der Waals surface area contributed by atoms with Crippen molar-refractivity contribution < 1.29 is 14.0 Å². The van der Waals surface area contributed by atoms with Gasteiger partial charge < -0.3 is 14.5 Å². The molecule has 0 saturated heterocycles. The molecule has 0 bridgehead atoms. The van der Waals surface area contributed by atoms with E-state index in [1.807, 2.05) is 13.8 Å². The van der Waals surface area contributed by atoms with Crippen LogP contribution in [0.15, 0.2) is 18.2 Å². The van der Waals surface area contributed by atoms with Crippen molar-refractivity contribution in [2.24, 2.45) is 0 Å². The Morgan fingerprint density at radius 2 is 1.89 bits per heavy atom. The van der Waals surface area contributed by atoms with E-state index in [9.17, 15) is 10.1 Å². The molecule has 5 nitrogen and oxygen atoms in total. The van der Waals surface area contributed by atoms with Crippen LogP contribution in [-0.2, 0) is 9.22 Å². The molecule has 1 rings (SSSR count). The van der Waals surface area contributed by atoms with Crippen molar-refractivity contribution in [2.45, 2.75) is 70.8 Å². The summed E-state index contributed by atoms with van der Waals surface area (Å²) in [6, 6.07) is 6.24. The molecule has 27 heavy (non-hydrogen) atoms. The number of methoxy groups -OCH3 is 1. The minimum Gasteiger partial charge on any atom is -0.496 e. The Balaban J connectivity index is 2.91. The lowest BCUT2D eigenvalue weighted by Crippen LogP contribution is -2.49. The molecule has 1 amide bonds. The summed E-state index contributed by atoms with van der Waals surface area (Å²) in [5, 5.41) is 12.8. The highest BCUT2D eigenvalue weighted by atomic mass is 35.5. The van der Waals surface area contributed by atoms with E-state index in [2.05, 4.69) is 45.3 Å². The summed E-state index contributed by atoms with van der Waals surface area (Å²) in [5.74, 6) is 0.246. The van der Waals surface area contributed by atoms with E-state index < -0.39 is 20.0 Å². The number of nitrogens with zero attached hydrogens (tertiary/aromatic N) is 1. The number of halogens is 1. The quantitative estimate of drug-likeness (QED) is 0.625. The van der Waals surface area contributed by atoms with Crippen LogP contribution in [-0.4, -0.2) is 26.9 Å². The van der Waals surface area contributed by atoms with Gasteiger partial charge in [-0.15, -0.1) is 0 Å². The summed E-state index contributed by atoms with van der Waals surface area (Å²) in [6.07, 6.45) is 0.153. The molecule has 1 aromatic rings. The highest BCUT2D eigenvalue weighted by molar-refractivity contribution is 6.74. The largest absolute Gasteiger partial charge is 0.496 e. The predicted molar refractivity (Wildman–Crippen MR) is 111 cm³/mol. The second-order valence-corrected chi connectivity index (χ2v) is 14.0. The van der Waals surface area contributed by atoms with E-state index >= 15 is 0 Å². The number of hydrogen-bond acceptors (Lipinski definition) is 4. The van der Waals surface area contributed by atoms with E-state index in [1.54, 1.807) is 18.2 Å². The van der Waals surface area contributed by atoms with Crippen LogP contribution in [0.5, 0.6) is 5.75 Å². The van der Waals surface area contributed by atoms with Gasteiger partial charge in [-0.05, 0) is 50.2 Å².